The molecule has 0 fully saturated rings. The third-order valence-electron chi connectivity index (χ3n) is 2.95. The summed E-state index contributed by atoms with van der Waals surface area (Å²) >= 11 is 1.20. The largest absolute Gasteiger partial charge is 0.493 e. The summed E-state index contributed by atoms with van der Waals surface area (Å²) < 4.78 is 14.4. The van der Waals surface area contributed by atoms with Crippen LogP contribution in [0.3, 0.4) is 0 Å². The number of benzene rings is 1. The smallest absolute Gasteiger partial charge is 0.255 e. The Morgan fingerprint density at radius 1 is 1.23 bits per heavy atom. The lowest BCUT2D eigenvalue weighted by molar-refractivity contribution is -0.116. The first kappa shape index (κ1) is 16.0. The summed E-state index contributed by atoms with van der Waals surface area (Å²) in [5, 5.41) is 4.47. The fraction of sp³-hybridized carbons (Fsp3) is 0.267. The molecular weight excluding hydrogens is 304 g/mol. The predicted molar refractivity (Wildman–Crippen MR) is 84.0 cm³/mol. The Morgan fingerprint density at radius 3 is 2.59 bits per heavy atom. The Balaban J connectivity index is 2.19. The molecule has 7 heteroatoms. The number of amides is 1. The standard InChI is InChI=1S/C15H16N2O4S/c1-9(18)6-11-12(8-22-17-11)16-15(19)10-4-5-13(20-2)14(7-10)21-3/h4-5,7-8H,6H2,1-3H3,(H,16,19). The minimum absolute atomic E-state index is 0.00693. The van der Waals surface area contributed by atoms with Gasteiger partial charge in [-0.2, -0.15) is 4.37 Å². The van der Waals surface area contributed by atoms with Crippen LogP contribution in [-0.2, 0) is 11.2 Å². The zero-order valence-electron chi connectivity index (χ0n) is 12.5. The molecule has 6 nitrogen and oxygen atoms in total. The van der Waals surface area contributed by atoms with E-state index in [4.69, 9.17) is 9.47 Å². The highest BCUT2D eigenvalue weighted by Crippen LogP contribution is 2.28. The lowest BCUT2D eigenvalue weighted by Gasteiger charge is -2.10. The molecule has 22 heavy (non-hydrogen) atoms. The molecule has 0 saturated carbocycles. The van der Waals surface area contributed by atoms with E-state index in [9.17, 15) is 9.59 Å². The highest BCUT2D eigenvalue weighted by Gasteiger charge is 2.14. The molecule has 1 N–H and O–H groups in total. The summed E-state index contributed by atoms with van der Waals surface area (Å²) in [6.07, 6.45) is 0.199. The number of carbonyl (C=O) groups excluding carboxylic acids is 2. The van der Waals surface area contributed by atoms with Gasteiger partial charge in [0.2, 0.25) is 0 Å². The van der Waals surface area contributed by atoms with Crippen molar-refractivity contribution < 1.29 is 19.1 Å². The highest BCUT2D eigenvalue weighted by atomic mass is 32.1. The maximum Gasteiger partial charge on any atom is 0.255 e. The molecule has 1 amide bonds. The molecule has 2 rings (SSSR count). The first-order valence-electron chi connectivity index (χ1n) is 6.51. The lowest BCUT2D eigenvalue weighted by Crippen LogP contribution is -2.13. The van der Waals surface area contributed by atoms with Crippen LogP contribution in [0.15, 0.2) is 23.6 Å². The van der Waals surface area contributed by atoms with Gasteiger partial charge in [-0.3, -0.25) is 9.59 Å². The van der Waals surface area contributed by atoms with Crippen molar-refractivity contribution in [2.45, 2.75) is 13.3 Å². The number of nitrogens with one attached hydrogen (secondary N) is 1. The number of aromatic nitrogens is 1. The number of carbonyl (C=O) groups is 2. The van der Waals surface area contributed by atoms with Crippen LogP contribution in [0.2, 0.25) is 0 Å². The van der Waals surface area contributed by atoms with E-state index < -0.39 is 0 Å². The second kappa shape index (κ2) is 7.04. The molecule has 0 atom stereocenters. The van der Waals surface area contributed by atoms with Gasteiger partial charge >= 0.3 is 0 Å². The topological polar surface area (TPSA) is 77.5 Å². The van der Waals surface area contributed by atoms with Crippen LogP contribution in [-0.4, -0.2) is 30.3 Å². The second-order valence-electron chi connectivity index (χ2n) is 4.58. The van der Waals surface area contributed by atoms with E-state index in [1.807, 2.05) is 0 Å². The van der Waals surface area contributed by atoms with E-state index in [0.29, 0.717) is 28.4 Å². The molecule has 0 saturated heterocycles. The van der Waals surface area contributed by atoms with Crippen molar-refractivity contribution in [3.8, 4) is 11.5 Å². The monoisotopic (exact) mass is 320 g/mol. The highest BCUT2D eigenvalue weighted by molar-refractivity contribution is 7.04. The van der Waals surface area contributed by atoms with Gasteiger partial charge < -0.3 is 14.8 Å². The van der Waals surface area contributed by atoms with Crippen molar-refractivity contribution in [3.63, 3.8) is 0 Å². The Labute approximate surface area is 132 Å². The van der Waals surface area contributed by atoms with Gasteiger partial charge in [0.25, 0.3) is 5.91 Å². The number of hydrogen-bond donors (Lipinski definition) is 1. The fourth-order valence-corrected chi connectivity index (χ4v) is 2.54. The number of ketones is 1. The average Bonchev–Trinajstić information content (AvgIpc) is 2.92. The maximum absolute atomic E-state index is 12.3. The summed E-state index contributed by atoms with van der Waals surface area (Å²) in [5.41, 5.74) is 1.56. The van der Waals surface area contributed by atoms with Crippen LogP contribution in [0.5, 0.6) is 11.5 Å². The SMILES string of the molecule is COc1ccc(C(=O)Nc2csnc2CC(C)=O)cc1OC. The molecular formula is C15H16N2O4S. The summed E-state index contributed by atoms with van der Waals surface area (Å²) in [4.78, 5) is 23.5. The van der Waals surface area contributed by atoms with Gasteiger partial charge in [0, 0.05) is 10.9 Å². The van der Waals surface area contributed by atoms with Crippen molar-refractivity contribution in [2.75, 3.05) is 19.5 Å². The zero-order chi connectivity index (χ0) is 16.1. The number of nitrogens with zero attached hydrogens (tertiary/aromatic N) is 1. The van der Waals surface area contributed by atoms with Crippen molar-refractivity contribution in [1.29, 1.82) is 0 Å². The lowest BCUT2D eigenvalue weighted by atomic mass is 10.1. The van der Waals surface area contributed by atoms with Crippen LogP contribution in [0.25, 0.3) is 0 Å². The Morgan fingerprint density at radius 2 is 1.95 bits per heavy atom. The third-order valence-corrected chi connectivity index (χ3v) is 3.62. The number of ether oxygens (including phenoxy) is 2. The summed E-state index contributed by atoms with van der Waals surface area (Å²) in [5.74, 6) is 0.717. The van der Waals surface area contributed by atoms with Gasteiger partial charge in [0.15, 0.2) is 11.5 Å². The average molecular weight is 320 g/mol. The molecule has 0 spiro atoms. The number of rotatable bonds is 6. The van der Waals surface area contributed by atoms with E-state index in [0.717, 1.165) is 0 Å². The normalized spacial score (nSPS) is 10.1. The van der Waals surface area contributed by atoms with E-state index in [1.165, 1.54) is 32.7 Å². The van der Waals surface area contributed by atoms with Crippen molar-refractivity contribution in [2.24, 2.45) is 0 Å². The van der Waals surface area contributed by atoms with Crippen LogP contribution in [0.4, 0.5) is 5.69 Å². The van der Waals surface area contributed by atoms with E-state index in [2.05, 4.69) is 9.69 Å². The van der Waals surface area contributed by atoms with Crippen molar-refractivity contribution in [3.05, 3.63) is 34.8 Å². The first-order chi connectivity index (χ1) is 10.5. The quantitative estimate of drug-likeness (QED) is 0.885. The molecule has 0 bridgehead atoms. The van der Waals surface area contributed by atoms with Crippen LogP contribution in [0, 0.1) is 0 Å². The van der Waals surface area contributed by atoms with Crippen LogP contribution < -0.4 is 14.8 Å². The Bertz CT molecular complexity index is 697. The zero-order valence-corrected chi connectivity index (χ0v) is 13.3. The van der Waals surface area contributed by atoms with Gasteiger partial charge in [0.1, 0.15) is 5.78 Å². The van der Waals surface area contributed by atoms with E-state index in [1.54, 1.807) is 23.6 Å². The maximum atomic E-state index is 12.3. The minimum Gasteiger partial charge on any atom is -0.493 e. The molecule has 1 aromatic heterocycles. The minimum atomic E-state index is -0.300. The molecule has 0 radical (unpaired) electrons. The van der Waals surface area contributed by atoms with Gasteiger partial charge in [-0.1, -0.05) is 0 Å². The van der Waals surface area contributed by atoms with Crippen molar-refractivity contribution >= 4 is 28.9 Å². The summed E-state index contributed by atoms with van der Waals surface area (Å²) in [6.45, 7) is 1.49. The second-order valence-corrected chi connectivity index (χ2v) is 5.21. The first-order valence-corrected chi connectivity index (χ1v) is 7.35. The Hall–Kier alpha value is -2.41. The van der Waals surface area contributed by atoms with E-state index in [-0.39, 0.29) is 18.1 Å². The van der Waals surface area contributed by atoms with Gasteiger partial charge in [-0.15, -0.1) is 0 Å². The number of methoxy groups -OCH3 is 2. The molecule has 0 unspecified atom stereocenters. The van der Waals surface area contributed by atoms with Crippen LogP contribution in [0.1, 0.15) is 23.0 Å². The molecule has 116 valence electrons. The molecule has 1 heterocycles. The number of anilines is 1. The number of Topliss-reactive ketones (excluding diaryl/α,β-unsaturated/α-hetero) is 1. The molecule has 2 aromatic rings. The van der Waals surface area contributed by atoms with E-state index >= 15 is 0 Å². The van der Waals surface area contributed by atoms with Crippen LogP contribution >= 0.6 is 11.5 Å². The van der Waals surface area contributed by atoms with Gasteiger partial charge in [-0.25, -0.2) is 0 Å². The van der Waals surface area contributed by atoms with Gasteiger partial charge in [-0.05, 0) is 36.7 Å². The third kappa shape index (κ3) is 3.62. The Kier molecular flexibility index (Phi) is 5.11. The molecule has 0 aliphatic heterocycles. The van der Waals surface area contributed by atoms with Gasteiger partial charge in [0.05, 0.1) is 32.0 Å². The fourth-order valence-electron chi connectivity index (χ4n) is 1.90. The number of hydrogen-bond acceptors (Lipinski definition) is 6. The molecule has 0 aliphatic rings. The van der Waals surface area contributed by atoms with Crippen molar-refractivity contribution in [1.82, 2.24) is 4.37 Å². The molecule has 1 aromatic carbocycles. The summed E-state index contributed by atoms with van der Waals surface area (Å²) in [7, 11) is 3.04. The summed E-state index contributed by atoms with van der Waals surface area (Å²) in [6, 6.07) is 4.90. The predicted octanol–water partition coefficient (Wildman–Crippen LogP) is 2.54. The molecule has 0 aliphatic carbocycles.